The van der Waals surface area contributed by atoms with E-state index in [9.17, 15) is 9.59 Å². The minimum absolute atomic E-state index is 0.0802. The first kappa shape index (κ1) is 62.1. The largest absolute Gasteiger partial charge is 0.462 e. The first-order valence-corrected chi connectivity index (χ1v) is 28.5. The molecule has 0 aliphatic rings. The molecule has 0 aliphatic carbocycles. The fourth-order valence-electron chi connectivity index (χ4n) is 8.40. The summed E-state index contributed by atoms with van der Waals surface area (Å²) in [5.41, 5.74) is 0. The molecule has 376 valence electrons. The van der Waals surface area contributed by atoms with E-state index in [-0.39, 0.29) is 25.2 Å². The van der Waals surface area contributed by atoms with Crippen molar-refractivity contribution in [2.24, 2.45) is 0 Å². The predicted octanol–water partition coefficient (Wildman–Crippen LogP) is 19.4. The predicted molar refractivity (Wildman–Crippen MR) is 279 cm³/mol. The van der Waals surface area contributed by atoms with E-state index in [1.54, 1.807) is 0 Å². The van der Waals surface area contributed by atoms with Crippen LogP contribution in [0.4, 0.5) is 0 Å². The molecule has 0 rings (SSSR count). The zero-order valence-corrected chi connectivity index (χ0v) is 43.3. The fraction of sp³-hybridized carbons (Fsp3) is 0.864. The highest BCUT2D eigenvalue weighted by molar-refractivity contribution is 5.70. The van der Waals surface area contributed by atoms with Crippen LogP contribution in [0.3, 0.4) is 0 Å². The number of carbonyl (C=O) groups excluding carboxylic acids is 2. The molecule has 0 spiro atoms. The molecule has 0 N–H and O–H groups in total. The van der Waals surface area contributed by atoms with Crippen LogP contribution in [0.2, 0.25) is 0 Å². The van der Waals surface area contributed by atoms with Gasteiger partial charge in [-0.15, -0.1) is 0 Å². The number of unbranched alkanes of at least 4 members (excludes halogenated alkanes) is 36. The number of hydrogen-bond donors (Lipinski definition) is 0. The molecule has 0 aromatic rings. The number of carbonyl (C=O) groups is 2. The van der Waals surface area contributed by atoms with Crippen LogP contribution in [0.5, 0.6) is 0 Å². The van der Waals surface area contributed by atoms with Crippen LogP contribution < -0.4 is 0 Å². The van der Waals surface area contributed by atoms with E-state index in [2.05, 4.69) is 57.2 Å². The van der Waals surface area contributed by atoms with Gasteiger partial charge in [0.1, 0.15) is 6.61 Å². The van der Waals surface area contributed by atoms with Crippen LogP contribution in [0.25, 0.3) is 0 Å². The maximum Gasteiger partial charge on any atom is 0.306 e. The third-order valence-corrected chi connectivity index (χ3v) is 12.7. The zero-order valence-electron chi connectivity index (χ0n) is 43.3. The molecule has 5 heteroatoms. The molecule has 64 heavy (non-hydrogen) atoms. The zero-order chi connectivity index (χ0) is 46.3. The molecular formula is C59H110O5. The highest BCUT2D eigenvalue weighted by Crippen LogP contribution is 2.16. The van der Waals surface area contributed by atoms with Crippen molar-refractivity contribution in [1.29, 1.82) is 0 Å². The van der Waals surface area contributed by atoms with Crippen LogP contribution in [-0.2, 0) is 23.8 Å². The highest BCUT2D eigenvalue weighted by atomic mass is 16.6. The van der Waals surface area contributed by atoms with Gasteiger partial charge in [-0.3, -0.25) is 9.59 Å². The van der Waals surface area contributed by atoms with Crippen LogP contribution in [0.1, 0.15) is 303 Å². The molecule has 0 radical (unpaired) electrons. The first-order valence-electron chi connectivity index (χ1n) is 28.5. The summed E-state index contributed by atoms with van der Waals surface area (Å²) in [7, 11) is 0. The van der Waals surface area contributed by atoms with Crippen LogP contribution in [-0.4, -0.2) is 37.9 Å². The minimum atomic E-state index is -0.539. The van der Waals surface area contributed by atoms with Gasteiger partial charge < -0.3 is 14.2 Å². The molecular weight excluding hydrogens is 789 g/mol. The van der Waals surface area contributed by atoms with Crippen molar-refractivity contribution in [1.82, 2.24) is 0 Å². The third kappa shape index (κ3) is 52.7. The lowest BCUT2D eigenvalue weighted by molar-refractivity contribution is -0.163. The van der Waals surface area contributed by atoms with Crippen molar-refractivity contribution in [3.8, 4) is 0 Å². The Morgan fingerprint density at radius 3 is 1.08 bits per heavy atom. The molecule has 5 nitrogen and oxygen atoms in total. The molecule has 0 unspecified atom stereocenters. The highest BCUT2D eigenvalue weighted by Gasteiger charge is 2.17. The summed E-state index contributed by atoms with van der Waals surface area (Å²) in [6.45, 7) is 7.84. The number of allylic oxidation sites excluding steroid dienone is 6. The average molecular weight is 900 g/mol. The molecule has 0 amide bonds. The SMILES string of the molecule is CCCCC/C=C\C/C=C\C/C=C\CCCCCCC(=O)OC[C@@H](COCCCCCCCCCCCCCCCCCC)OC(=O)CCCCCCCCCCCCCCCCC. The summed E-state index contributed by atoms with van der Waals surface area (Å²) in [6, 6.07) is 0. The molecule has 0 saturated heterocycles. The Morgan fingerprint density at radius 1 is 0.344 bits per heavy atom. The van der Waals surface area contributed by atoms with Crippen molar-refractivity contribution in [2.45, 2.75) is 309 Å². The molecule has 1 atom stereocenters. The monoisotopic (exact) mass is 899 g/mol. The Balaban J connectivity index is 4.26. The van der Waals surface area contributed by atoms with Crippen molar-refractivity contribution in [2.75, 3.05) is 19.8 Å². The lowest BCUT2D eigenvalue weighted by Crippen LogP contribution is -2.30. The number of hydrogen-bond acceptors (Lipinski definition) is 5. The maximum atomic E-state index is 12.8. The van der Waals surface area contributed by atoms with Gasteiger partial charge in [-0.2, -0.15) is 0 Å². The molecule has 0 aliphatic heterocycles. The topological polar surface area (TPSA) is 61.8 Å². The van der Waals surface area contributed by atoms with Gasteiger partial charge in [-0.25, -0.2) is 0 Å². The minimum Gasteiger partial charge on any atom is -0.462 e. The van der Waals surface area contributed by atoms with Crippen LogP contribution in [0.15, 0.2) is 36.5 Å². The Kier molecular flexibility index (Phi) is 53.8. The smallest absolute Gasteiger partial charge is 0.306 e. The van der Waals surface area contributed by atoms with Gasteiger partial charge in [0.05, 0.1) is 6.61 Å². The molecule has 0 aromatic carbocycles. The standard InChI is InChI=1S/C59H110O5/c1-4-7-10-13-16-19-22-25-28-30-32-34-37-40-43-46-49-52-58(60)63-56-57(55-62-54-51-48-45-42-39-36-33-29-26-23-20-17-14-11-8-5-2)64-59(61)53-50-47-44-41-38-35-31-27-24-21-18-15-12-9-6-3/h16,19,25,28,32,34,57H,4-15,17-18,20-24,26-27,29-31,33,35-56H2,1-3H3/b19-16-,28-25-,34-32-/t57-/m1/s1. The summed E-state index contributed by atoms with van der Waals surface area (Å²) < 4.78 is 17.5. The van der Waals surface area contributed by atoms with Crippen LogP contribution >= 0.6 is 0 Å². The van der Waals surface area contributed by atoms with E-state index in [0.29, 0.717) is 19.4 Å². The van der Waals surface area contributed by atoms with Gasteiger partial charge in [0.2, 0.25) is 0 Å². The second kappa shape index (κ2) is 55.4. The summed E-state index contributed by atoms with van der Waals surface area (Å²) in [5.74, 6) is -0.402. The molecule has 0 heterocycles. The second-order valence-corrected chi connectivity index (χ2v) is 19.2. The maximum absolute atomic E-state index is 12.8. The Morgan fingerprint density at radius 2 is 0.656 bits per heavy atom. The summed E-state index contributed by atoms with van der Waals surface area (Å²) in [6.07, 6.45) is 67.3. The molecule has 0 aromatic heterocycles. The lowest BCUT2D eigenvalue weighted by atomic mass is 10.0. The van der Waals surface area contributed by atoms with Gasteiger partial charge >= 0.3 is 11.9 Å². The van der Waals surface area contributed by atoms with E-state index in [4.69, 9.17) is 14.2 Å². The third-order valence-electron chi connectivity index (χ3n) is 12.7. The Labute approximate surface area is 400 Å². The second-order valence-electron chi connectivity index (χ2n) is 19.2. The van der Waals surface area contributed by atoms with Gasteiger partial charge in [-0.1, -0.05) is 269 Å². The molecule has 0 bridgehead atoms. The number of rotatable bonds is 53. The lowest BCUT2D eigenvalue weighted by Gasteiger charge is -2.18. The average Bonchev–Trinajstić information content (AvgIpc) is 3.30. The van der Waals surface area contributed by atoms with Gasteiger partial charge in [-0.05, 0) is 57.8 Å². The quantitative estimate of drug-likeness (QED) is 0.0346. The molecule has 0 fully saturated rings. The Hall–Kier alpha value is -1.88. The van der Waals surface area contributed by atoms with E-state index < -0.39 is 6.10 Å². The summed E-state index contributed by atoms with van der Waals surface area (Å²) >= 11 is 0. The van der Waals surface area contributed by atoms with E-state index >= 15 is 0 Å². The van der Waals surface area contributed by atoms with Gasteiger partial charge in [0.25, 0.3) is 0 Å². The Bertz CT molecular complexity index is 1020. The first-order chi connectivity index (χ1) is 31.6. The van der Waals surface area contributed by atoms with Gasteiger partial charge in [0.15, 0.2) is 6.10 Å². The van der Waals surface area contributed by atoms with E-state index in [0.717, 1.165) is 64.2 Å². The molecule has 0 saturated carbocycles. The summed E-state index contributed by atoms with van der Waals surface area (Å²) in [5, 5.41) is 0. The van der Waals surface area contributed by atoms with Crippen molar-refractivity contribution >= 4 is 11.9 Å². The van der Waals surface area contributed by atoms with E-state index in [1.807, 2.05) is 0 Å². The fourth-order valence-corrected chi connectivity index (χ4v) is 8.40. The van der Waals surface area contributed by atoms with Crippen molar-refractivity contribution < 1.29 is 23.8 Å². The normalized spacial score (nSPS) is 12.4. The number of ether oxygens (including phenoxy) is 3. The summed E-state index contributed by atoms with van der Waals surface area (Å²) in [4.78, 5) is 25.5. The van der Waals surface area contributed by atoms with Crippen LogP contribution in [0, 0.1) is 0 Å². The number of esters is 2. The van der Waals surface area contributed by atoms with Crippen molar-refractivity contribution in [3.05, 3.63) is 36.5 Å². The van der Waals surface area contributed by atoms with Crippen molar-refractivity contribution in [3.63, 3.8) is 0 Å². The van der Waals surface area contributed by atoms with Gasteiger partial charge in [0, 0.05) is 19.4 Å². The van der Waals surface area contributed by atoms with E-state index in [1.165, 1.54) is 205 Å².